The molecular formula is H10CaO9S. The second kappa shape index (κ2) is 10.9. The van der Waals surface area contributed by atoms with Crippen molar-refractivity contribution in [3.05, 3.63) is 0 Å². The molecule has 0 aliphatic carbocycles. The summed E-state index contributed by atoms with van der Waals surface area (Å²) in [6.45, 7) is 0. The van der Waals surface area contributed by atoms with E-state index in [1.165, 1.54) is 0 Å². The Labute approximate surface area is 82.4 Å². The summed E-state index contributed by atoms with van der Waals surface area (Å²) in [4.78, 5) is 0. The molecule has 0 saturated carbocycles. The zero-order valence-corrected chi connectivity index (χ0v) is 8.27. The van der Waals surface area contributed by atoms with Crippen molar-refractivity contribution in [1.82, 2.24) is 0 Å². The molecule has 10 N–H and O–H groups in total. The van der Waals surface area contributed by atoms with E-state index in [1.54, 1.807) is 0 Å². The summed E-state index contributed by atoms with van der Waals surface area (Å²) in [5, 5.41) is 0. The van der Waals surface area contributed by atoms with E-state index >= 15 is 0 Å². The first kappa shape index (κ1) is 29.7. The van der Waals surface area contributed by atoms with Crippen molar-refractivity contribution in [3.8, 4) is 0 Å². The minimum atomic E-state index is -3.40. The summed E-state index contributed by atoms with van der Waals surface area (Å²) >= 11 is -1.42. The van der Waals surface area contributed by atoms with Gasteiger partial charge in [-0.2, -0.15) is 0 Å². The van der Waals surface area contributed by atoms with Gasteiger partial charge in [-0.15, -0.1) is 0 Å². The van der Waals surface area contributed by atoms with E-state index in [4.69, 9.17) is 0 Å². The number of rotatable bonds is 0. The van der Waals surface area contributed by atoms with E-state index in [1.807, 2.05) is 0 Å². The molecule has 0 spiro atoms. The molecule has 9 nitrogen and oxygen atoms in total. The number of hydrogen-bond acceptors (Lipinski definition) is 4. The number of hydrogen-bond donors (Lipinski definition) is 0. The Balaban J connectivity index is -0.0000000240. The maximum absolute atomic E-state index is 9.69. The van der Waals surface area contributed by atoms with E-state index in [0.717, 1.165) is 0 Å². The van der Waals surface area contributed by atoms with Gasteiger partial charge in [0.1, 0.15) is 0 Å². The fourth-order valence-electron chi connectivity index (χ4n) is 0.127. The Morgan fingerprint density at radius 1 is 0.818 bits per heavy atom. The van der Waals surface area contributed by atoms with Crippen molar-refractivity contribution in [1.29, 1.82) is 0 Å². The first-order valence-corrected chi connectivity index (χ1v) is 4.38. The van der Waals surface area contributed by atoms with Crippen LogP contribution < -0.4 is 0 Å². The Morgan fingerprint density at radius 3 is 1.00 bits per heavy atom. The second-order valence-corrected chi connectivity index (χ2v) is 4.63. The Morgan fingerprint density at radius 2 is 1.00 bits per heavy atom. The van der Waals surface area contributed by atoms with Gasteiger partial charge >= 0.3 is 55.6 Å². The van der Waals surface area contributed by atoms with E-state index in [9.17, 15) is 8.42 Å². The van der Waals surface area contributed by atoms with Crippen molar-refractivity contribution in [3.63, 3.8) is 0 Å². The zero-order chi connectivity index (χ0) is 4.62. The van der Waals surface area contributed by atoms with Gasteiger partial charge in [-0.05, 0) is 0 Å². The van der Waals surface area contributed by atoms with Crippen LogP contribution in [0.1, 0.15) is 0 Å². The van der Waals surface area contributed by atoms with Crippen molar-refractivity contribution in [2.75, 3.05) is 0 Å². The molecule has 1 heterocycles. The Hall–Kier alpha value is 0.930. The molecule has 1 fully saturated rings. The van der Waals surface area contributed by atoms with E-state index in [2.05, 4.69) is 1.78 Å². The predicted molar refractivity (Wildman–Crippen MR) is 34.9 cm³/mol. The fourth-order valence-corrected chi connectivity index (χ4v) is 1.57. The molecule has 0 aromatic rings. The van der Waals surface area contributed by atoms with Crippen molar-refractivity contribution >= 4 is 45.4 Å². The standard InChI is InChI=1S/Ca.H2O4S.5H2O/c;1-5(2,3)4;;;;;/h;(H2,1,2,3,4);5*1H2/q+2;;;;;;/p-2. The van der Waals surface area contributed by atoms with Gasteiger partial charge in [0.25, 0.3) is 0 Å². The predicted octanol–water partition coefficient (Wildman–Crippen LogP) is -5.31. The molecule has 1 aliphatic heterocycles. The van der Waals surface area contributed by atoms with Gasteiger partial charge in [-0.1, -0.05) is 0 Å². The van der Waals surface area contributed by atoms with Gasteiger partial charge < -0.3 is 27.4 Å². The summed E-state index contributed by atoms with van der Waals surface area (Å²) in [7, 11) is -3.40. The van der Waals surface area contributed by atoms with Gasteiger partial charge in [-0.3, -0.25) is 0 Å². The van der Waals surface area contributed by atoms with E-state index in [-0.39, 0.29) is 27.4 Å². The molecule has 0 bridgehead atoms. The van der Waals surface area contributed by atoms with Gasteiger partial charge in [0.05, 0.1) is 0 Å². The molecule has 0 unspecified atom stereocenters. The molecule has 72 valence electrons. The van der Waals surface area contributed by atoms with E-state index < -0.39 is 45.4 Å². The van der Waals surface area contributed by atoms with Crippen LogP contribution in [0.15, 0.2) is 0 Å². The summed E-state index contributed by atoms with van der Waals surface area (Å²) < 4.78 is 27.5. The van der Waals surface area contributed by atoms with Crippen LogP contribution in [0.2, 0.25) is 0 Å². The molecule has 0 atom stereocenters. The van der Waals surface area contributed by atoms with Gasteiger partial charge in [-0.25, -0.2) is 0 Å². The molecule has 1 saturated heterocycles. The minimum absolute atomic E-state index is 0. The van der Waals surface area contributed by atoms with Crippen molar-refractivity contribution < 1.29 is 37.6 Å². The van der Waals surface area contributed by atoms with Crippen LogP contribution in [0.5, 0.6) is 0 Å². The first-order chi connectivity index (χ1) is 2.71. The molecule has 11 heteroatoms. The molecular weight excluding hydrogens is 216 g/mol. The van der Waals surface area contributed by atoms with Crippen LogP contribution in [-0.2, 0) is 12.2 Å². The summed E-state index contributed by atoms with van der Waals surface area (Å²) in [5.41, 5.74) is 0. The average molecular weight is 226 g/mol. The average Bonchev–Trinajstić information content (AvgIpc) is 1.32. The van der Waals surface area contributed by atoms with Crippen LogP contribution in [0, 0.1) is 0 Å². The third-order valence-corrected chi connectivity index (χ3v) is 4.76. The topological polar surface area (TPSA) is 210 Å². The van der Waals surface area contributed by atoms with E-state index in [0.29, 0.717) is 0 Å². The third-order valence-electron chi connectivity index (χ3n) is 0.385. The Kier molecular flexibility index (Phi) is 29.5. The Bertz CT molecular complexity index is 124. The van der Waals surface area contributed by atoms with Gasteiger partial charge in [0.15, 0.2) is 0 Å². The van der Waals surface area contributed by atoms with Crippen LogP contribution >= 0.6 is 0 Å². The third kappa shape index (κ3) is 10.9. The molecule has 0 aromatic heterocycles. The molecule has 0 radical (unpaired) electrons. The monoisotopic (exact) mass is 226 g/mol. The molecule has 1 aliphatic rings. The summed E-state index contributed by atoms with van der Waals surface area (Å²) in [6, 6.07) is 0. The van der Waals surface area contributed by atoms with Gasteiger partial charge in [0.2, 0.25) is 0 Å². The molecule has 0 amide bonds. The maximum atomic E-state index is 9.69. The SMILES string of the molecule is O.O.O.O.O.O=S1(=O)[O][Ca][O]1. The van der Waals surface area contributed by atoms with Crippen molar-refractivity contribution in [2.45, 2.75) is 0 Å². The summed E-state index contributed by atoms with van der Waals surface area (Å²) in [6.07, 6.45) is 0. The quantitative estimate of drug-likeness (QED) is 0.370. The molecule has 1 rings (SSSR count). The fraction of sp³-hybridized carbons (Fsp3) is 0. The van der Waals surface area contributed by atoms with Crippen LogP contribution in [-0.4, -0.2) is 70.8 Å². The van der Waals surface area contributed by atoms with Gasteiger partial charge in [0, 0.05) is 0 Å². The van der Waals surface area contributed by atoms with Crippen LogP contribution in [0.4, 0.5) is 0 Å². The second-order valence-electron chi connectivity index (χ2n) is 0.762. The molecule has 11 heavy (non-hydrogen) atoms. The van der Waals surface area contributed by atoms with Crippen LogP contribution in [0.3, 0.4) is 0 Å². The normalized spacial score (nSPS) is 14.2. The first-order valence-electron chi connectivity index (χ1n) is 1.24. The zero-order valence-electron chi connectivity index (χ0n) is 5.25. The van der Waals surface area contributed by atoms with Crippen LogP contribution in [0.25, 0.3) is 0 Å². The van der Waals surface area contributed by atoms with Crippen molar-refractivity contribution in [2.24, 2.45) is 0 Å². The molecule has 0 aromatic carbocycles. The summed E-state index contributed by atoms with van der Waals surface area (Å²) in [5.74, 6) is 0.